The van der Waals surface area contributed by atoms with Crippen molar-refractivity contribution in [2.45, 2.75) is 19.3 Å². The van der Waals surface area contributed by atoms with E-state index in [4.69, 9.17) is 9.97 Å². The van der Waals surface area contributed by atoms with Gasteiger partial charge in [-0.25, -0.2) is 9.97 Å². The van der Waals surface area contributed by atoms with Crippen molar-refractivity contribution in [3.05, 3.63) is 157 Å². The lowest BCUT2D eigenvalue weighted by Crippen LogP contribution is -2.14. The molecule has 1 aliphatic rings. The van der Waals surface area contributed by atoms with Crippen molar-refractivity contribution >= 4 is 60.2 Å². The lowest BCUT2D eigenvalue weighted by molar-refractivity contribution is 0.660. The SMILES string of the molecule is CC1(C)c2ccccc2-c2cc(-c3ccnc(-n4c5ccccc5c5ccc6c(c7ccccc7n7c8ccccc8nc67)c54)c3)ccc21. The molecule has 0 saturated heterocycles. The largest absolute Gasteiger partial charge is 0.293 e. The summed E-state index contributed by atoms with van der Waals surface area (Å²) in [6.45, 7) is 4.66. The molecule has 4 nitrogen and oxygen atoms in total. The molecule has 0 fully saturated rings. The molecule has 4 heterocycles. The normalized spacial score (nSPS) is 13.7. The molecule has 11 rings (SSSR count). The van der Waals surface area contributed by atoms with Gasteiger partial charge in [0.15, 0.2) is 0 Å². The van der Waals surface area contributed by atoms with Crippen molar-refractivity contribution in [2.75, 3.05) is 0 Å². The first-order valence-corrected chi connectivity index (χ1v) is 16.9. The summed E-state index contributed by atoms with van der Waals surface area (Å²) in [5, 5.41) is 5.93. The predicted octanol–water partition coefficient (Wildman–Crippen LogP) is 11.3. The summed E-state index contributed by atoms with van der Waals surface area (Å²) in [5.74, 6) is 0.898. The van der Waals surface area contributed by atoms with Crippen molar-refractivity contribution in [1.82, 2.24) is 18.9 Å². The van der Waals surface area contributed by atoms with E-state index in [9.17, 15) is 0 Å². The first-order valence-electron chi connectivity index (χ1n) is 16.9. The number of imidazole rings is 1. The summed E-state index contributed by atoms with van der Waals surface area (Å²) in [5.41, 5.74) is 14.3. The topological polar surface area (TPSA) is 35.1 Å². The average Bonchev–Trinajstić information content (AvgIpc) is 3.78. The standard InChI is InChI=1S/C45H30N4/c1-45(2)35-14-6-3-11-29(35)34-25-27(19-22-36(34)45)28-23-24-46-41(26-28)49-38-16-8-4-12-30(38)31-20-21-33-42(43(31)49)32-13-5-9-17-39(32)48-40-18-10-7-15-37(40)47-44(33)48/h3-26H,1-2H3. The lowest BCUT2D eigenvalue weighted by Gasteiger charge is -2.21. The molecule has 230 valence electrons. The van der Waals surface area contributed by atoms with E-state index in [1.54, 1.807) is 0 Å². The van der Waals surface area contributed by atoms with Gasteiger partial charge >= 0.3 is 0 Å². The quantitative estimate of drug-likeness (QED) is 0.179. The summed E-state index contributed by atoms with van der Waals surface area (Å²) < 4.78 is 4.69. The van der Waals surface area contributed by atoms with Gasteiger partial charge in [0.05, 0.1) is 27.6 Å². The monoisotopic (exact) mass is 626 g/mol. The molecule has 0 amide bonds. The number of nitrogens with zero attached hydrogens (tertiary/aromatic N) is 4. The van der Waals surface area contributed by atoms with Crippen molar-refractivity contribution in [3.63, 3.8) is 0 Å². The number of hydrogen-bond acceptors (Lipinski definition) is 2. The van der Waals surface area contributed by atoms with Crippen molar-refractivity contribution < 1.29 is 0 Å². The minimum Gasteiger partial charge on any atom is -0.293 e. The van der Waals surface area contributed by atoms with Crippen LogP contribution in [-0.2, 0) is 5.41 Å². The fourth-order valence-corrected chi connectivity index (χ4v) is 8.71. The fraction of sp³-hybridized carbons (Fsp3) is 0.0667. The molecule has 4 aromatic heterocycles. The molecule has 49 heavy (non-hydrogen) atoms. The van der Waals surface area contributed by atoms with Crippen LogP contribution in [0.25, 0.3) is 88.2 Å². The first kappa shape index (κ1) is 26.8. The zero-order valence-corrected chi connectivity index (χ0v) is 27.1. The molecule has 0 saturated carbocycles. The van der Waals surface area contributed by atoms with Gasteiger partial charge in [0.1, 0.15) is 11.5 Å². The maximum atomic E-state index is 5.20. The Kier molecular flexibility index (Phi) is 5.15. The summed E-state index contributed by atoms with van der Waals surface area (Å²) >= 11 is 0. The van der Waals surface area contributed by atoms with E-state index in [0.717, 1.165) is 50.0 Å². The van der Waals surface area contributed by atoms with Crippen LogP contribution < -0.4 is 0 Å². The molecule has 10 aromatic rings. The smallest absolute Gasteiger partial charge is 0.146 e. The van der Waals surface area contributed by atoms with E-state index in [1.165, 1.54) is 49.4 Å². The number of para-hydroxylation sites is 4. The Labute approximate surface area is 282 Å². The predicted molar refractivity (Wildman–Crippen MR) is 203 cm³/mol. The molecule has 1 aliphatic carbocycles. The van der Waals surface area contributed by atoms with Gasteiger partial charge in [0, 0.05) is 38.5 Å². The van der Waals surface area contributed by atoms with Crippen LogP contribution in [-0.4, -0.2) is 18.9 Å². The number of fused-ring (bicyclic) bond motifs is 15. The highest BCUT2D eigenvalue weighted by atomic mass is 15.1. The highest BCUT2D eigenvalue weighted by molar-refractivity contribution is 6.27. The third-order valence-corrected chi connectivity index (χ3v) is 10.9. The van der Waals surface area contributed by atoms with E-state index in [0.29, 0.717) is 0 Å². The first-order chi connectivity index (χ1) is 24.1. The second-order valence-corrected chi connectivity index (χ2v) is 13.8. The summed E-state index contributed by atoms with van der Waals surface area (Å²) in [6.07, 6.45) is 1.96. The van der Waals surface area contributed by atoms with Gasteiger partial charge < -0.3 is 0 Å². The minimum absolute atomic E-state index is 0.0211. The van der Waals surface area contributed by atoms with Crippen LogP contribution in [0.5, 0.6) is 0 Å². The Morgan fingerprint density at radius 1 is 0.531 bits per heavy atom. The Bertz CT molecular complexity index is 3030. The zero-order chi connectivity index (χ0) is 32.4. The van der Waals surface area contributed by atoms with Crippen LogP contribution in [0.15, 0.2) is 146 Å². The van der Waals surface area contributed by atoms with E-state index < -0.39 is 0 Å². The number of pyridine rings is 2. The van der Waals surface area contributed by atoms with Gasteiger partial charge in [-0.05, 0) is 81.9 Å². The maximum Gasteiger partial charge on any atom is 0.146 e. The Morgan fingerprint density at radius 2 is 1.22 bits per heavy atom. The van der Waals surface area contributed by atoms with Crippen molar-refractivity contribution in [1.29, 1.82) is 0 Å². The molecular formula is C45H30N4. The molecule has 0 spiro atoms. The molecular weight excluding hydrogens is 597 g/mol. The summed E-state index contributed by atoms with van der Waals surface area (Å²) in [6, 6.07) is 50.6. The van der Waals surface area contributed by atoms with Crippen LogP contribution in [0.3, 0.4) is 0 Å². The number of benzene rings is 6. The third-order valence-electron chi connectivity index (χ3n) is 10.9. The highest BCUT2D eigenvalue weighted by Crippen LogP contribution is 2.49. The number of aromatic nitrogens is 4. The van der Waals surface area contributed by atoms with E-state index in [1.807, 2.05) is 6.20 Å². The molecule has 6 aromatic carbocycles. The van der Waals surface area contributed by atoms with Crippen molar-refractivity contribution in [2.24, 2.45) is 0 Å². The van der Waals surface area contributed by atoms with Crippen molar-refractivity contribution in [3.8, 4) is 28.1 Å². The molecule has 0 unspecified atom stereocenters. The Balaban J connectivity index is 1.22. The van der Waals surface area contributed by atoms with Crippen LogP contribution in [0.1, 0.15) is 25.0 Å². The van der Waals surface area contributed by atoms with Gasteiger partial charge in [-0.3, -0.25) is 8.97 Å². The molecule has 4 heteroatoms. The van der Waals surface area contributed by atoms with Crippen LogP contribution in [0, 0.1) is 0 Å². The number of rotatable bonds is 2. The van der Waals surface area contributed by atoms with Gasteiger partial charge in [0.25, 0.3) is 0 Å². The van der Waals surface area contributed by atoms with Crippen LogP contribution in [0.4, 0.5) is 0 Å². The fourth-order valence-electron chi connectivity index (χ4n) is 8.71. The van der Waals surface area contributed by atoms with Crippen LogP contribution >= 0.6 is 0 Å². The van der Waals surface area contributed by atoms with Gasteiger partial charge in [-0.15, -0.1) is 0 Å². The molecule has 0 atom stereocenters. The minimum atomic E-state index is -0.0211. The Morgan fingerprint density at radius 3 is 2.12 bits per heavy atom. The second kappa shape index (κ2) is 9.42. The lowest BCUT2D eigenvalue weighted by atomic mass is 9.82. The molecule has 0 radical (unpaired) electrons. The summed E-state index contributed by atoms with van der Waals surface area (Å²) in [4.78, 5) is 10.3. The average molecular weight is 627 g/mol. The van der Waals surface area contributed by atoms with E-state index in [2.05, 4.69) is 162 Å². The van der Waals surface area contributed by atoms with E-state index in [-0.39, 0.29) is 5.41 Å². The third kappa shape index (κ3) is 3.47. The van der Waals surface area contributed by atoms with E-state index >= 15 is 0 Å². The molecule has 0 bridgehead atoms. The molecule has 0 N–H and O–H groups in total. The van der Waals surface area contributed by atoms with Crippen LogP contribution in [0.2, 0.25) is 0 Å². The maximum absolute atomic E-state index is 5.20. The van der Waals surface area contributed by atoms with Gasteiger partial charge in [-0.1, -0.05) is 105 Å². The second-order valence-electron chi connectivity index (χ2n) is 13.8. The Hall–Kier alpha value is -6.26. The molecule has 0 aliphatic heterocycles. The van der Waals surface area contributed by atoms with Gasteiger partial charge in [-0.2, -0.15) is 0 Å². The highest BCUT2D eigenvalue weighted by Gasteiger charge is 2.35. The van der Waals surface area contributed by atoms with Gasteiger partial charge in [0.2, 0.25) is 0 Å². The number of hydrogen-bond donors (Lipinski definition) is 0. The summed E-state index contributed by atoms with van der Waals surface area (Å²) in [7, 11) is 0. The zero-order valence-electron chi connectivity index (χ0n) is 27.1.